The third kappa shape index (κ3) is 2.49. The van der Waals surface area contributed by atoms with Gasteiger partial charge in [-0.05, 0) is 30.7 Å². The second kappa shape index (κ2) is 5.55. The van der Waals surface area contributed by atoms with Gasteiger partial charge in [0.2, 0.25) is 0 Å². The first kappa shape index (κ1) is 13.0. The summed E-state index contributed by atoms with van der Waals surface area (Å²) in [6, 6.07) is 16.1. The van der Waals surface area contributed by atoms with Crippen LogP contribution in [0.25, 0.3) is 0 Å². The van der Waals surface area contributed by atoms with Gasteiger partial charge in [0.25, 0.3) is 0 Å². The van der Waals surface area contributed by atoms with E-state index in [1.807, 2.05) is 49.4 Å². The van der Waals surface area contributed by atoms with Crippen LogP contribution >= 0.6 is 0 Å². The van der Waals surface area contributed by atoms with Crippen molar-refractivity contribution >= 4 is 5.69 Å². The van der Waals surface area contributed by atoms with Crippen LogP contribution in [0.5, 0.6) is 5.75 Å². The number of benzene rings is 2. The summed E-state index contributed by atoms with van der Waals surface area (Å²) < 4.78 is 5.54. The molecule has 0 radical (unpaired) electrons. The van der Waals surface area contributed by atoms with Crippen LogP contribution in [0, 0.1) is 0 Å². The van der Waals surface area contributed by atoms with Crippen LogP contribution in [-0.4, -0.2) is 11.7 Å². The Morgan fingerprint density at radius 3 is 2.90 bits per heavy atom. The van der Waals surface area contributed by atoms with Crippen molar-refractivity contribution in [1.29, 1.82) is 0 Å². The van der Waals surface area contributed by atoms with E-state index in [9.17, 15) is 5.11 Å². The van der Waals surface area contributed by atoms with Crippen LogP contribution < -0.4 is 10.1 Å². The monoisotopic (exact) mass is 269 g/mol. The minimum atomic E-state index is -0.423. The van der Waals surface area contributed by atoms with Gasteiger partial charge in [0, 0.05) is 17.7 Å². The van der Waals surface area contributed by atoms with Crippen LogP contribution in [-0.2, 0) is 0 Å². The van der Waals surface area contributed by atoms with Crippen molar-refractivity contribution in [1.82, 2.24) is 0 Å². The van der Waals surface area contributed by atoms with E-state index < -0.39 is 6.10 Å². The highest BCUT2D eigenvalue weighted by atomic mass is 16.5. The molecule has 2 atom stereocenters. The normalized spacial score (nSPS) is 20.9. The summed E-state index contributed by atoms with van der Waals surface area (Å²) in [6.07, 6.45) is 0.250. The Morgan fingerprint density at radius 1 is 1.20 bits per heavy atom. The van der Waals surface area contributed by atoms with Crippen molar-refractivity contribution in [3.63, 3.8) is 0 Å². The summed E-state index contributed by atoms with van der Waals surface area (Å²) in [4.78, 5) is 0. The fourth-order valence-electron chi connectivity index (χ4n) is 2.72. The molecule has 0 saturated carbocycles. The van der Waals surface area contributed by atoms with Gasteiger partial charge in [0.15, 0.2) is 0 Å². The molecule has 104 valence electrons. The molecule has 0 spiro atoms. The van der Waals surface area contributed by atoms with Crippen molar-refractivity contribution in [3.05, 3.63) is 59.7 Å². The maximum atomic E-state index is 10.3. The number of aliphatic hydroxyl groups is 1. The first-order valence-corrected chi connectivity index (χ1v) is 7.04. The molecule has 1 aliphatic heterocycles. The van der Waals surface area contributed by atoms with E-state index in [1.54, 1.807) is 0 Å². The van der Waals surface area contributed by atoms with Crippen LogP contribution in [0.15, 0.2) is 48.5 Å². The van der Waals surface area contributed by atoms with Gasteiger partial charge in [-0.25, -0.2) is 0 Å². The molecule has 0 saturated heterocycles. The number of aliphatic hydroxyl groups excluding tert-OH is 1. The average molecular weight is 269 g/mol. The lowest BCUT2D eigenvalue weighted by Gasteiger charge is -2.31. The highest BCUT2D eigenvalue weighted by Gasteiger charge is 2.25. The first-order chi connectivity index (χ1) is 9.78. The van der Waals surface area contributed by atoms with E-state index >= 15 is 0 Å². The number of rotatable bonds is 3. The smallest absolute Gasteiger partial charge is 0.119 e. The minimum Gasteiger partial charge on any atom is -0.494 e. The Labute approximate surface area is 119 Å². The quantitative estimate of drug-likeness (QED) is 0.893. The number of para-hydroxylation sites is 1. The van der Waals surface area contributed by atoms with Gasteiger partial charge in [0.05, 0.1) is 18.8 Å². The summed E-state index contributed by atoms with van der Waals surface area (Å²) in [5.41, 5.74) is 3.13. The Bertz CT molecular complexity index is 597. The van der Waals surface area contributed by atoms with Crippen LogP contribution in [0.2, 0.25) is 0 Å². The van der Waals surface area contributed by atoms with Gasteiger partial charge in [-0.3, -0.25) is 0 Å². The van der Waals surface area contributed by atoms with Gasteiger partial charge in [-0.1, -0.05) is 30.3 Å². The summed E-state index contributed by atoms with van der Waals surface area (Å²) in [5, 5.41) is 13.8. The SMILES string of the molecule is CCOc1cccc([C@@H]2C[C@H](O)c3ccccc3N2)c1. The second-order valence-corrected chi connectivity index (χ2v) is 5.04. The largest absolute Gasteiger partial charge is 0.494 e. The van der Waals surface area contributed by atoms with Gasteiger partial charge < -0.3 is 15.2 Å². The van der Waals surface area contributed by atoms with Gasteiger partial charge in [0.1, 0.15) is 5.75 Å². The molecule has 20 heavy (non-hydrogen) atoms. The van der Waals surface area contributed by atoms with Crippen LogP contribution in [0.4, 0.5) is 5.69 Å². The zero-order valence-electron chi connectivity index (χ0n) is 11.5. The van der Waals surface area contributed by atoms with Gasteiger partial charge >= 0.3 is 0 Å². The van der Waals surface area contributed by atoms with Crippen molar-refractivity contribution in [2.24, 2.45) is 0 Å². The van der Waals surface area contributed by atoms with E-state index in [0.717, 1.165) is 22.6 Å². The molecule has 0 fully saturated rings. The molecule has 1 heterocycles. The zero-order valence-corrected chi connectivity index (χ0v) is 11.5. The molecule has 0 unspecified atom stereocenters. The lowest BCUT2D eigenvalue weighted by atomic mass is 9.91. The zero-order chi connectivity index (χ0) is 13.9. The third-order valence-electron chi connectivity index (χ3n) is 3.68. The summed E-state index contributed by atoms with van der Waals surface area (Å²) in [5.74, 6) is 0.875. The van der Waals surface area contributed by atoms with Crippen molar-refractivity contribution in [2.75, 3.05) is 11.9 Å². The maximum absolute atomic E-state index is 10.3. The highest BCUT2D eigenvalue weighted by Crippen LogP contribution is 2.39. The molecule has 0 aliphatic carbocycles. The first-order valence-electron chi connectivity index (χ1n) is 7.04. The Hall–Kier alpha value is -2.00. The van der Waals surface area contributed by atoms with Crippen molar-refractivity contribution in [3.8, 4) is 5.75 Å². The number of anilines is 1. The molecule has 2 N–H and O–H groups in total. The van der Waals surface area contributed by atoms with Crippen LogP contribution in [0.3, 0.4) is 0 Å². The highest BCUT2D eigenvalue weighted by molar-refractivity contribution is 5.56. The second-order valence-electron chi connectivity index (χ2n) is 5.04. The topological polar surface area (TPSA) is 41.5 Å². The average Bonchev–Trinajstić information content (AvgIpc) is 2.48. The molecule has 0 aromatic heterocycles. The molecule has 2 aromatic carbocycles. The molecule has 3 rings (SSSR count). The molecule has 0 amide bonds. The molecule has 3 nitrogen and oxygen atoms in total. The fraction of sp³-hybridized carbons (Fsp3) is 0.294. The van der Waals surface area contributed by atoms with Gasteiger partial charge in [-0.15, -0.1) is 0 Å². The Kier molecular flexibility index (Phi) is 3.61. The predicted molar refractivity (Wildman–Crippen MR) is 80.0 cm³/mol. The number of nitrogens with one attached hydrogen (secondary N) is 1. The minimum absolute atomic E-state index is 0.111. The number of fused-ring (bicyclic) bond motifs is 1. The van der Waals surface area contributed by atoms with E-state index in [0.29, 0.717) is 13.0 Å². The Morgan fingerprint density at radius 2 is 2.05 bits per heavy atom. The summed E-state index contributed by atoms with van der Waals surface area (Å²) >= 11 is 0. The number of hydrogen-bond acceptors (Lipinski definition) is 3. The number of ether oxygens (including phenoxy) is 1. The molecule has 3 heteroatoms. The molecular weight excluding hydrogens is 250 g/mol. The lowest BCUT2D eigenvalue weighted by Crippen LogP contribution is -2.21. The molecule has 1 aliphatic rings. The van der Waals surface area contributed by atoms with Crippen LogP contribution in [0.1, 0.15) is 36.6 Å². The molecule has 2 aromatic rings. The maximum Gasteiger partial charge on any atom is 0.119 e. The predicted octanol–water partition coefficient (Wildman–Crippen LogP) is 3.68. The van der Waals surface area contributed by atoms with Crippen molar-refractivity contribution in [2.45, 2.75) is 25.5 Å². The Balaban J connectivity index is 1.87. The third-order valence-corrected chi connectivity index (χ3v) is 3.68. The van der Waals surface area contributed by atoms with E-state index in [4.69, 9.17) is 4.74 Å². The number of hydrogen-bond donors (Lipinski definition) is 2. The van der Waals surface area contributed by atoms with Gasteiger partial charge in [-0.2, -0.15) is 0 Å². The van der Waals surface area contributed by atoms with E-state index in [2.05, 4.69) is 11.4 Å². The summed E-state index contributed by atoms with van der Waals surface area (Å²) in [7, 11) is 0. The molecular formula is C17H19NO2. The van der Waals surface area contributed by atoms with E-state index in [1.165, 1.54) is 0 Å². The van der Waals surface area contributed by atoms with Crippen molar-refractivity contribution < 1.29 is 9.84 Å². The summed E-state index contributed by atoms with van der Waals surface area (Å²) in [6.45, 7) is 2.64. The fourth-order valence-corrected chi connectivity index (χ4v) is 2.72. The lowest BCUT2D eigenvalue weighted by molar-refractivity contribution is 0.156. The standard InChI is InChI=1S/C17H19NO2/c1-2-20-13-7-5-6-12(10-13)16-11-17(19)14-8-3-4-9-15(14)18-16/h3-10,16-19H,2,11H2,1H3/t16-,17-/m0/s1. The molecule has 0 bridgehead atoms. The van der Waals surface area contributed by atoms with E-state index in [-0.39, 0.29) is 6.04 Å².